The van der Waals surface area contributed by atoms with E-state index in [0.717, 1.165) is 41.8 Å². The number of likely N-dealkylation sites (tertiary alicyclic amines) is 1. The number of hydrogen-bond donors (Lipinski definition) is 3. The van der Waals surface area contributed by atoms with Gasteiger partial charge in [-0.1, -0.05) is 18.6 Å². The van der Waals surface area contributed by atoms with Crippen molar-refractivity contribution in [2.24, 2.45) is 5.73 Å². The number of anilines is 1. The predicted octanol–water partition coefficient (Wildman–Crippen LogP) is 3.14. The maximum absolute atomic E-state index is 12.4. The molecule has 0 spiro atoms. The molecule has 1 aliphatic rings. The van der Waals surface area contributed by atoms with Crippen molar-refractivity contribution < 1.29 is 9.59 Å². The van der Waals surface area contributed by atoms with E-state index in [4.69, 9.17) is 5.73 Å². The highest BCUT2D eigenvalue weighted by Gasteiger charge is 2.14. The van der Waals surface area contributed by atoms with Crippen LogP contribution in [0.2, 0.25) is 0 Å². The molecular weight excluding hydrogens is 366 g/mol. The number of piperidine rings is 1. The van der Waals surface area contributed by atoms with Crippen molar-refractivity contribution >= 4 is 28.4 Å². The van der Waals surface area contributed by atoms with Gasteiger partial charge in [0.05, 0.1) is 11.2 Å². The van der Waals surface area contributed by atoms with Crippen LogP contribution in [-0.4, -0.2) is 46.5 Å². The van der Waals surface area contributed by atoms with Crippen LogP contribution in [-0.2, 0) is 4.79 Å². The van der Waals surface area contributed by atoms with Crippen LogP contribution in [0.15, 0.2) is 42.5 Å². The van der Waals surface area contributed by atoms with Gasteiger partial charge in [-0.25, -0.2) is 0 Å². The fourth-order valence-corrected chi connectivity index (χ4v) is 3.80. The number of nitrogens with two attached hydrogens (primary N) is 1. The molecular formula is C22H25N5O2. The molecule has 2 aromatic carbocycles. The van der Waals surface area contributed by atoms with Crippen LogP contribution in [0.4, 0.5) is 5.69 Å². The first kappa shape index (κ1) is 19.1. The molecule has 0 unspecified atom stereocenters. The van der Waals surface area contributed by atoms with Crippen LogP contribution in [0.5, 0.6) is 0 Å². The van der Waals surface area contributed by atoms with Crippen molar-refractivity contribution in [2.75, 3.05) is 25.0 Å². The van der Waals surface area contributed by atoms with E-state index >= 15 is 0 Å². The zero-order chi connectivity index (χ0) is 20.2. The normalized spacial score (nSPS) is 14.8. The molecule has 4 rings (SSSR count). The summed E-state index contributed by atoms with van der Waals surface area (Å²) < 4.78 is 0. The number of carbonyl (C=O) groups is 2. The fourth-order valence-electron chi connectivity index (χ4n) is 3.80. The van der Waals surface area contributed by atoms with Gasteiger partial charge in [0.2, 0.25) is 11.8 Å². The van der Waals surface area contributed by atoms with Gasteiger partial charge in [-0.2, -0.15) is 5.10 Å². The van der Waals surface area contributed by atoms with E-state index in [1.807, 2.05) is 24.3 Å². The molecule has 1 aromatic heterocycles. The minimum atomic E-state index is -0.478. The van der Waals surface area contributed by atoms with Crippen LogP contribution in [0.25, 0.3) is 22.2 Å². The Morgan fingerprint density at radius 2 is 1.93 bits per heavy atom. The standard InChI is InChI=1S/C22H25N5O2/c23-22(29)16-7-8-19-18(14-16)21(26-25-19)15-5-4-6-17(13-15)24-20(28)9-12-27-10-2-1-3-11-27/h4-8,13-14H,1-3,9-12H2,(H2,23,29)(H,24,28)(H,25,26). The lowest BCUT2D eigenvalue weighted by molar-refractivity contribution is -0.116. The monoisotopic (exact) mass is 391 g/mol. The van der Waals surface area contributed by atoms with E-state index in [9.17, 15) is 9.59 Å². The molecule has 2 heterocycles. The summed E-state index contributed by atoms with van der Waals surface area (Å²) in [5.41, 5.74) is 8.95. The molecule has 0 saturated carbocycles. The summed E-state index contributed by atoms with van der Waals surface area (Å²) in [6, 6.07) is 12.8. The zero-order valence-electron chi connectivity index (χ0n) is 16.3. The summed E-state index contributed by atoms with van der Waals surface area (Å²) in [4.78, 5) is 26.2. The Morgan fingerprint density at radius 1 is 1.10 bits per heavy atom. The number of amides is 2. The third-order valence-corrected chi connectivity index (χ3v) is 5.37. The maximum atomic E-state index is 12.4. The lowest BCUT2D eigenvalue weighted by atomic mass is 10.0. The maximum Gasteiger partial charge on any atom is 0.248 e. The van der Waals surface area contributed by atoms with Crippen molar-refractivity contribution in [3.8, 4) is 11.3 Å². The largest absolute Gasteiger partial charge is 0.366 e. The highest BCUT2D eigenvalue weighted by atomic mass is 16.2. The number of hydrogen-bond acceptors (Lipinski definition) is 4. The van der Waals surface area contributed by atoms with Crippen LogP contribution in [0, 0.1) is 0 Å². The van der Waals surface area contributed by atoms with Crippen molar-refractivity contribution in [1.29, 1.82) is 0 Å². The summed E-state index contributed by atoms with van der Waals surface area (Å²) in [6.07, 6.45) is 4.22. The molecule has 29 heavy (non-hydrogen) atoms. The Hall–Kier alpha value is -3.19. The SMILES string of the molecule is NC(=O)c1ccc2[nH]nc(-c3cccc(NC(=O)CCN4CCCCC4)c3)c2c1. The number of fused-ring (bicyclic) bond motifs is 1. The summed E-state index contributed by atoms with van der Waals surface area (Å²) in [5, 5.41) is 11.2. The van der Waals surface area contributed by atoms with Gasteiger partial charge in [0, 0.05) is 35.2 Å². The molecule has 1 saturated heterocycles. The quantitative estimate of drug-likeness (QED) is 0.600. The van der Waals surface area contributed by atoms with E-state index in [0.29, 0.717) is 17.7 Å². The fraction of sp³-hybridized carbons (Fsp3) is 0.318. The van der Waals surface area contributed by atoms with Gasteiger partial charge in [0.25, 0.3) is 0 Å². The first-order valence-electron chi connectivity index (χ1n) is 10.0. The Kier molecular flexibility index (Phi) is 5.57. The molecule has 7 nitrogen and oxygen atoms in total. The van der Waals surface area contributed by atoms with E-state index < -0.39 is 5.91 Å². The molecule has 1 fully saturated rings. The minimum absolute atomic E-state index is 0.00984. The van der Waals surface area contributed by atoms with Gasteiger partial charge in [-0.15, -0.1) is 0 Å². The predicted molar refractivity (Wildman–Crippen MR) is 114 cm³/mol. The van der Waals surface area contributed by atoms with Crippen LogP contribution in [0.3, 0.4) is 0 Å². The number of nitrogens with one attached hydrogen (secondary N) is 2. The summed E-state index contributed by atoms with van der Waals surface area (Å²) >= 11 is 0. The number of primary amides is 1. The molecule has 150 valence electrons. The third-order valence-electron chi connectivity index (χ3n) is 5.37. The first-order chi connectivity index (χ1) is 14.1. The van der Waals surface area contributed by atoms with E-state index in [1.165, 1.54) is 19.3 Å². The summed E-state index contributed by atoms with van der Waals surface area (Å²) in [7, 11) is 0. The molecule has 2 amide bonds. The molecule has 3 aromatic rings. The molecule has 7 heteroatoms. The lowest BCUT2D eigenvalue weighted by Crippen LogP contribution is -2.32. The highest BCUT2D eigenvalue weighted by molar-refractivity contribution is 6.01. The number of benzene rings is 2. The van der Waals surface area contributed by atoms with E-state index in [1.54, 1.807) is 18.2 Å². The zero-order valence-corrected chi connectivity index (χ0v) is 16.3. The second-order valence-electron chi connectivity index (χ2n) is 7.48. The summed E-state index contributed by atoms with van der Waals surface area (Å²) in [6.45, 7) is 2.97. The van der Waals surface area contributed by atoms with Crippen LogP contribution < -0.4 is 11.1 Å². The van der Waals surface area contributed by atoms with Crippen molar-refractivity contribution in [1.82, 2.24) is 15.1 Å². The Morgan fingerprint density at radius 3 is 2.72 bits per heavy atom. The van der Waals surface area contributed by atoms with Gasteiger partial charge in [0.15, 0.2) is 0 Å². The summed E-state index contributed by atoms with van der Waals surface area (Å²) in [5.74, 6) is -0.468. The Balaban J connectivity index is 1.48. The number of carbonyl (C=O) groups excluding carboxylic acids is 2. The smallest absolute Gasteiger partial charge is 0.248 e. The number of H-pyrrole nitrogens is 1. The first-order valence-corrected chi connectivity index (χ1v) is 10.0. The van der Waals surface area contributed by atoms with E-state index in [-0.39, 0.29) is 5.91 Å². The van der Waals surface area contributed by atoms with Gasteiger partial charge >= 0.3 is 0 Å². The second kappa shape index (κ2) is 8.45. The molecule has 0 atom stereocenters. The molecule has 0 bridgehead atoms. The number of aromatic nitrogens is 2. The average Bonchev–Trinajstić information content (AvgIpc) is 3.16. The highest BCUT2D eigenvalue weighted by Crippen LogP contribution is 2.28. The van der Waals surface area contributed by atoms with Crippen molar-refractivity contribution in [3.63, 3.8) is 0 Å². The van der Waals surface area contributed by atoms with Crippen LogP contribution >= 0.6 is 0 Å². The van der Waals surface area contributed by atoms with Gasteiger partial charge < -0.3 is 16.0 Å². The molecule has 4 N–H and O–H groups in total. The number of rotatable bonds is 6. The third kappa shape index (κ3) is 4.46. The average molecular weight is 391 g/mol. The topological polar surface area (TPSA) is 104 Å². The molecule has 1 aliphatic heterocycles. The number of aromatic amines is 1. The second-order valence-corrected chi connectivity index (χ2v) is 7.48. The van der Waals surface area contributed by atoms with Gasteiger partial charge in [0.1, 0.15) is 0 Å². The Bertz CT molecular complexity index is 1040. The van der Waals surface area contributed by atoms with Crippen LogP contribution in [0.1, 0.15) is 36.0 Å². The van der Waals surface area contributed by atoms with Crippen molar-refractivity contribution in [3.05, 3.63) is 48.0 Å². The van der Waals surface area contributed by atoms with Gasteiger partial charge in [-0.05, 0) is 56.3 Å². The lowest BCUT2D eigenvalue weighted by Gasteiger charge is -2.25. The number of nitrogens with zero attached hydrogens (tertiary/aromatic N) is 2. The van der Waals surface area contributed by atoms with E-state index in [2.05, 4.69) is 20.4 Å². The van der Waals surface area contributed by atoms with Gasteiger partial charge in [-0.3, -0.25) is 14.7 Å². The Labute approximate surface area is 169 Å². The molecule has 0 aliphatic carbocycles. The molecule has 0 radical (unpaired) electrons. The van der Waals surface area contributed by atoms with Crippen molar-refractivity contribution in [2.45, 2.75) is 25.7 Å². The minimum Gasteiger partial charge on any atom is -0.366 e.